The SMILES string of the molecule is CCC#CC(C)(C)C.[CH-]=O.[CH3-].[CH3-].[Y].[Y]. The normalized spacial score (nSPS) is 6.00. The standard InChI is InChI=1S/C8H14.CHO.2CH3.2Y/c1-5-6-7-8(2,3)4;1-2;;;;/h5H2,1-4H3;1H;2*1H3;;/q;3*-1;;. The van der Waals surface area contributed by atoms with Gasteiger partial charge in [0.05, 0.1) is 0 Å². The van der Waals surface area contributed by atoms with Crippen molar-refractivity contribution in [1.82, 2.24) is 0 Å². The summed E-state index contributed by atoms with van der Waals surface area (Å²) in [5.41, 5.74) is 0.190. The van der Waals surface area contributed by atoms with Gasteiger partial charge in [0.15, 0.2) is 0 Å². The van der Waals surface area contributed by atoms with Crippen LogP contribution in [0.5, 0.6) is 0 Å². The molecule has 0 aliphatic rings. The first-order chi connectivity index (χ1) is 4.56. The van der Waals surface area contributed by atoms with Gasteiger partial charge in [0.1, 0.15) is 0 Å². The summed E-state index contributed by atoms with van der Waals surface area (Å²) < 4.78 is 0. The average molecular weight is 347 g/mol. The first-order valence-corrected chi connectivity index (χ1v) is 3.30. The van der Waals surface area contributed by atoms with Crippen LogP contribution in [0.25, 0.3) is 0 Å². The van der Waals surface area contributed by atoms with E-state index in [9.17, 15) is 0 Å². The van der Waals surface area contributed by atoms with Crippen LogP contribution in [0.1, 0.15) is 34.1 Å². The van der Waals surface area contributed by atoms with Gasteiger partial charge in [-0.25, -0.2) is 0 Å². The van der Waals surface area contributed by atoms with Crippen molar-refractivity contribution in [3.05, 3.63) is 14.9 Å². The third-order valence-electron chi connectivity index (χ3n) is 0.640. The van der Waals surface area contributed by atoms with Crippen molar-refractivity contribution < 1.29 is 70.2 Å². The maximum atomic E-state index is 7.75. The monoisotopic (exact) mass is 347 g/mol. The van der Waals surface area contributed by atoms with Crippen LogP contribution >= 0.6 is 0 Å². The molecule has 14 heavy (non-hydrogen) atoms. The molecule has 0 spiro atoms. The molecule has 2 radical (unpaired) electrons. The van der Waals surface area contributed by atoms with E-state index in [1.165, 1.54) is 0 Å². The Morgan fingerprint density at radius 3 is 1.43 bits per heavy atom. The number of carbonyl (C=O) groups excluding carboxylic acids is 1. The topological polar surface area (TPSA) is 17.1 Å². The molecule has 0 heterocycles. The minimum absolute atomic E-state index is 0. The minimum atomic E-state index is 0. The van der Waals surface area contributed by atoms with Gasteiger partial charge in [0.25, 0.3) is 0 Å². The van der Waals surface area contributed by atoms with E-state index < -0.39 is 0 Å². The molecule has 3 heteroatoms. The third-order valence-corrected chi connectivity index (χ3v) is 0.640. The summed E-state index contributed by atoms with van der Waals surface area (Å²) in [5, 5.41) is 0. The molecular weight excluding hydrogens is 326 g/mol. The van der Waals surface area contributed by atoms with Crippen molar-refractivity contribution in [3.8, 4) is 11.8 Å². The zero-order valence-electron chi connectivity index (χ0n) is 10.3. The average Bonchev–Trinajstić information content (AvgIpc) is 1.87. The van der Waals surface area contributed by atoms with E-state index in [0.717, 1.165) is 6.42 Å². The van der Waals surface area contributed by atoms with Crippen molar-refractivity contribution in [1.29, 1.82) is 0 Å². The summed E-state index contributed by atoms with van der Waals surface area (Å²) in [7, 11) is 0. The van der Waals surface area contributed by atoms with Crippen LogP contribution in [0, 0.1) is 32.1 Å². The quantitative estimate of drug-likeness (QED) is 0.374. The van der Waals surface area contributed by atoms with E-state index in [0.29, 0.717) is 0 Å². The zero-order valence-corrected chi connectivity index (χ0v) is 16.0. The van der Waals surface area contributed by atoms with E-state index in [-0.39, 0.29) is 85.7 Å². The van der Waals surface area contributed by atoms with Crippen LogP contribution in [0.4, 0.5) is 0 Å². The Bertz CT molecular complexity index is 128. The second-order valence-corrected chi connectivity index (χ2v) is 2.91. The van der Waals surface area contributed by atoms with Gasteiger partial charge in [-0.15, -0.1) is 5.92 Å². The van der Waals surface area contributed by atoms with E-state index in [2.05, 4.69) is 46.3 Å². The van der Waals surface area contributed by atoms with Gasteiger partial charge in [-0.1, -0.05) is 12.8 Å². The van der Waals surface area contributed by atoms with E-state index in [1.807, 2.05) is 0 Å². The number of hydrogen-bond acceptors (Lipinski definition) is 1. The Morgan fingerprint density at radius 1 is 1.07 bits per heavy atom. The third kappa shape index (κ3) is 50.2. The predicted octanol–water partition coefficient (Wildman–Crippen LogP) is 3.07. The van der Waals surface area contributed by atoms with Gasteiger partial charge in [-0.05, 0) is 20.8 Å². The van der Waals surface area contributed by atoms with Gasteiger partial charge in [-0.2, -0.15) is 0 Å². The van der Waals surface area contributed by atoms with Crippen molar-refractivity contribution in [3.63, 3.8) is 0 Å². The van der Waals surface area contributed by atoms with Gasteiger partial charge >= 0.3 is 0 Å². The maximum absolute atomic E-state index is 7.75. The molecule has 0 bridgehead atoms. The predicted molar refractivity (Wildman–Crippen MR) is 57.1 cm³/mol. The molecule has 0 aliphatic carbocycles. The van der Waals surface area contributed by atoms with Crippen molar-refractivity contribution >= 4 is 6.79 Å². The fourth-order valence-corrected chi connectivity index (χ4v) is 0.354. The Hall–Kier alpha value is 1.44. The van der Waals surface area contributed by atoms with E-state index in [1.54, 1.807) is 0 Å². The zero-order chi connectivity index (χ0) is 8.62. The van der Waals surface area contributed by atoms with Gasteiger partial charge in [0.2, 0.25) is 0 Å². The molecule has 0 rings (SSSR count). The molecular formula is C11H21OY2-3. The molecule has 0 fully saturated rings. The molecule has 80 valence electrons. The Labute approximate surface area is 141 Å². The fourth-order valence-electron chi connectivity index (χ4n) is 0.354. The molecule has 1 nitrogen and oxygen atoms in total. The van der Waals surface area contributed by atoms with Gasteiger partial charge in [-0.3, -0.25) is 6.79 Å². The first kappa shape index (κ1) is 36.1. The molecule has 0 saturated heterocycles. The van der Waals surface area contributed by atoms with Gasteiger partial charge < -0.3 is 19.6 Å². The molecule has 0 atom stereocenters. The summed E-state index contributed by atoms with van der Waals surface area (Å²) in [4.78, 5) is 7.75. The van der Waals surface area contributed by atoms with Crippen LogP contribution in [0.2, 0.25) is 0 Å². The van der Waals surface area contributed by atoms with Crippen molar-refractivity contribution in [2.45, 2.75) is 34.1 Å². The van der Waals surface area contributed by atoms with Crippen molar-refractivity contribution in [2.75, 3.05) is 0 Å². The van der Waals surface area contributed by atoms with Crippen molar-refractivity contribution in [2.24, 2.45) is 5.41 Å². The summed E-state index contributed by atoms with van der Waals surface area (Å²) in [6.45, 7) is 11.7. The van der Waals surface area contributed by atoms with Crippen LogP contribution in [0.3, 0.4) is 0 Å². The van der Waals surface area contributed by atoms with Crippen LogP contribution in [-0.2, 0) is 70.2 Å². The maximum Gasteiger partial charge on any atom is 0.0230 e. The van der Waals surface area contributed by atoms with E-state index in [4.69, 9.17) is 4.79 Å². The number of rotatable bonds is 0. The molecule has 0 amide bonds. The van der Waals surface area contributed by atoms with Crippen LogP contribution < -0.4 is 0 Å². The van der Waals surface area contributed by atoms with Gasteiger partial charge in [0, 0.05) is 77.3 Å². The molecule has 0 unspecified atom stereocenters. The van der Waals surface area contributed by atoms with Crippen LogP contribution in [0.15, 0.2) is 0 Å². The largest absolute Gasteiger partial charge is 0.545 e. The second-order valence-electron chi connectivity index (χ2n) is 2.91. The van der Waals surface area contributed by atoms with Crippen LogP contribution in [-0.4, -0.2) is 6.79 Å². The molecule has 0 saturated carbocycles. The Kier molecular flexibility index (Phi) is 61.8. The molecule has 0 aromatic rings. The van der Waals surface area contributed by atoms with E-state index >= 15 is 0 Å². The molecule has 0 aromatic heterocycles. The molecule has 0 N–H and O–H groups in total. The minimum Gasteiger partial charge on any atom is -0.545 e. The fraction of sp³-hybridized carbons (Fsp3) is 0.545. The number of hydrogen-bond donors (Lipinski definition) is 0. The summed E-state index contributed by atoms with van der Waals surface area (Å²) >= 11 is 0. The first-order valence-electron chi connectivity index (χ1n) is 3.30. The Morgan fingerprint density at radius 2 is 1.36 bits per heavy atom. The summed E-state index contributed by atoms with van der Waals surface area (Å²) in [6.07, 6.45) is 0.970. The Balaban J connectivity index is -0.0000000250. The molecule has 0 aromatic carbocycles. The smallest absolute Gasteiger partial charge is 0.0230 e. The second kappa shape index (κ2) is 23.9. The molecule has 0 aliphatic heterocycles. The summed E-state index contributed by atoms with van der Waals surface area (Å²) in [6, 6.07) is 0. The summed E-state index contributed by atoms with van der Waals surface area (Å²) in [5.74, 6) is 6.16.